The molecule has 0 spiro atoms. The van der Waals surface area contributed by atoms with Crippen LogP contribution < -0.4 is 0 Å². The Labute approximate surface area is 320 Å². The number of hydrogen-bond acceptors (Lipinski definition) is 13. The van der Waals surface area contributed by atoms with Crippen LogP contribution in [0.2, 0.25) is 0 Å². The predicted molar refractivity (Wildman–Crippen MR) is 196 cm³/mol. The second kappa shape index (κ2) is 15.1. The van der Waals surface area contributed by atoms with Gasteiger partial charge < -0.3 is 64.9 Å². The van der Waals surface area contributed by atoms with Crippen molar-refractivity contribution < 1.29 is 64.9 Å². The largest absolute Gasteiger partial charge is 0.394 e. The van der Waals surface area contributed by atoms with Gasteiger partial charge in [-0.1, -0.05) is 46.3 Å². The van der Waals surface area contributed by atoms with E-state index in [-0.39, 0.29) is 35.7 Å². The van der Waals surface area contributed by atoms with Gasteiger partial charge in [0.05, 0.1) is 37.1 Å². The lowest BCUT2D eigenvalue weighted by Gasteiger charge is -2.72. The summed E-state index contributed by atoms with van der Waals surface area (Å²) in [6.07, 6.45) is -7.03. The Bertz CT molecular complexity index is 1350. The van der Waals surface area contributed by atoms with E-state index in [4.69, 9.17) is 18.9 Å². The number of ether oxygens (including phenoxy) is 4. The first-order valence-corrected chi connectivity index (χ1v) is 20.4. The summed E-state index contributed by atoms with van der Waals surface area (Å²) in [4.78, 5) is 0. The van der Waals surface area contributed by atoms with Crippen LogP contribution in [0.1, 0.15) is 107 Å². The van der Waals surface area contributed by atoms with Gasteiger partial charge in [0.1, 0.15) is 42.7 Å². The van der Waals surface area contributed by atoms with Crippen molar-refractivity contribution in [3.8, 4) is 0 Å². The van der Waals surface area contributed by atoms with E-state index >= 15 is 0 Å². The van der Waals surface area contributed by atoms with Crippen molar-refractivity contribution in [2.45, 2.75) is 186 Å². The summed E-state index contributed by atoms with van der Waals surface area (Å²) in [6, 6.07) is 0. The fraction of sp³-hybridized carbons (Fsp3) is 0.951. The molecule has 0 amide bonds. The molecule has 2 saturated heterocycles. The molecule has 2 heterocycles. The highest BCUT2D eigenvalue weighted by Gasteiger charge is 2.73. The van der Waals surface area contributed by atoms with Crippen molar-refractivity contribution in [1.82, 2.24) is 0 Å². The summed E-state index contributed by atoms with van der Waals surface area (Å²) >= 11 is 0. The summed E-state index contributed by atoms with van der Waals surface area (Å²) in [7, 11) is 0. The molecule has 0 aromatic rings. The van der Waals surface area contributed by atoms with Crippen LogP contribution in [0.4, 0.5) is 0 Å². The minimum absolute atomic E-state index is 0.0638. The Kier molecular flexibility index (Phi) is 12.0. The zero-order chi connectivity index (χ0) is 39.9. The molecule has 0 aromatic carbocycles. The molecule has 13 heteroatoms. The van der Waals surface area contributed by atoms with Gasteiger partial charge in [0, 0.05) is 0 Å². The lowest BCUT2D eigenvalue weighted by Crippen LogP contribution is -2.71. The first-order chi connectivity index (χ1) is 25.0. The molecular weight excluding hydrogens is 700 g/mol. The van der Waals surface area contributed by atoms with E-state index < -0.39 is 102 Å². The van der Waals surface area contributed by atoms with Crippen LogP contribution in [0.3, 0.4) is 0 Å². The standard InChI is InChI=1S/C41H70O13/c1-20(2)10-9-13-41(8,50)21-11-15-39(6)28(21)22(43)16-26-38(5)14-12-27(44)37(3,4)34(38)23(17-40(26,39)7)52-36-33(49)31(47)30(46)25(54-36)19-51-35-32(48)29(45)24(18-42)53-35/h10,21-36,42-50H,9,11-19H2,1-8H3/t21-,22+,23-,24-,25+,26+,27-,28-,29-,30+,31-,32+,33+,34-,35+,36+,38+,39+,40+,41-/m0/s1. The van der Waals surface area contributed by atoms with E-state index in [0.29, 0.717) is 32.1 Å². The Balaban J connectivity index is 1.30. The molecule has 2 aliphatic heterocycles. The van der Waals surface area contributed by atoms with Gasteiger partial charge in [-0.25, -0.2) is 0 Å². The number of aliphatic hydroxyl groups excluding tert-OH is 8. The molecule has 54 heavy (non-hydrogen) atoms. The zero-order valence-electron chi connectivity index (χ0n) is 33.5. The predicted octanol–water partition coefficient (Wildman–Crippen LogP) is 1.76. The van der Waals surface area contributed by atoms with Gasteiger partial charge in [-0.15, -0.1) is 0 Å². The molecule has 312 valence electrons. The van der Waals surface area contributed by atoms with E-state index in [1.165, 1.54) is 5.57 Å². The number of hydrogen-bond donors (Lipinski definition) is 9. The average Bonchev–Trinajstić information content (AvgIpc) is 3.61. The van der Waals surface area contributed by atoms with E-state index in [1.54, 1.807) is 0 Å². The van der Waals surface area contributed by atoms with Gasteiger partial charge in [-0.05, 0) is 117 Å². The lowest BCUT2D eigenvalue weighted by atomic mass is 9.34. The van der Waals surface area contributed by atoms with Crippen molar-refractivity contribution in [2.75, 3.05) is 13.2 Å². The van der Waals surface area contributed by atoms with E-state index in [0.717, 1.165) is 19.3 Å². The highest BCUT2D eigenvalue weighted by atomic mass is 16.7. The maximum atomic E-state index is 12.2. The Hall–Kier alpha value is -0.780. The zero-order valence-corrected chi connectivity index (χ0v) is 33.5. The van der Waals surface area contributed by atoms with Gasteiger partial charge in [0.2, 0.25) is 0 Å². The topological polar surface area (TPSA) is 219 Å². The van der Waals surface area contributed by atoms with Gasteiger partial charge in [-0.3, -0.25) is 0 Å². The molecule has 0 bridgehead atoms. The molecule has 6 aliphatic rings. The monoisotopic (exact) mass is 770 g/mol. The smallest absolute Gasteiger partial charge is 0.186 e. The molecule has 4 aliphatic carbocycles. The van der Waals surface area contributed by atoms with Crippen LogP contribution >= 0.6 is 0 Å². The van der Waals surface area contributed by atoms with Crippen LogP contribution in [0.25, 0.3) is 0 Å². The van der Waals surface area contributed by atoms with E-state index in [2.05, 4.69) is 40.7 Å². The summed E-state index contributed by atoms with van der Waals surface area (Å²) in [6.45, 7) is 16.0. The minimum atomic E-state index is -1.67. The van der Waals surface area contributed by atoms with Crippen molar-refractivity contribution >= 4 is 0 Å². The van der Waals surface area contributed by atoms with Gasteiger partial charge in [0.25, 0.3) is 0 Å². The van der Waals surface area contributed by atoms with Crippen molar-refractivity contribution in [3.63, 3.8) is 0 Å². The summed E-state index contributed by atoms with van der Waals surface area (Å²) < 4.78 is 24.2. The first-order valence-electron chi connectivity index (χ1n) is 20.4. The molecule has 4 saturated carbocycles. The Morgan fingerprint density at radius 2 is 1.44 bits per heavy atom. The first kappa shape index (κ1) is 42.8. The van der Waals surface area contributed by atoms with Crippen LogP contribution in [0.15, 0.2) is 11.6 Å². The third-order valence-electron chi connectivity index (χ3n) is 16.1. The Morgan fingerprint density at radius 1 is 0.815 bits per heavy atom. The molecular formula is C41H70O13. The van der Waals surface area contributed by atoms with Gasteiger partial charge >= 0.3 is 0 Å². The molecule has 0 radical (unpaired) electrons. The molecule has 13 nitrogen and oxygen atoms in total. The molecule has 0 aromatic heterocycles. The van der Waals surface area contributed by atoms with E-state index in [9.17, 15) is 46.0 Å². The SMILES string of the molecule is CC(C)=CCC[C@](C)(O)[C@H]1CC[C@]2(C)[C@@H]1[C@H](O)C[C@@H]1[C@@]3(C)CC[C@H](O)C(C)(C)[C@@H]3[C@@H](O[C@@H]3O[C@H](CO[C@@H]4O[C@@H](CO)[C@H](O)[C@H]4O)[C@@H](O)[C@H](O)[C@H]3O)C[C@]12C. The van der Waals surface area contributed by atoms with Crippen molar-refractivity contribution in [2.24, 2.45) is 45.3 Å². The highest BCUT2D eigenvalue weighted by molar-refractivity contribution is 5.22. The van der Waals surface area contributed by atoms with Gasteiger partial charge in [0.15, 0.2) is 12.6 Å². The van der Waals surface area contributed by atoms with Crippen molar-refractivity contribution in [3.05, 3.63) is 11.6 Å². The second-order valence-corrected chi connectivity index (χ2v) is 19.8. The molecule has 9 N–H and O–H groups in total. The minimum Gasteiger partial charge on any atom is -0.394 e. The fourth-order valence-electron chi connectivity index (χ4n) is 13.1. The number of fused-ring (bicyclic) bond motifs is 5. The number of allylic oxidation sites excluding steroid dienone is 2. The number of rotatable bonds is 10. The summed E-state index contributed by atoms with van der Waals surface area (Å²) in [5.74, 6) is -0.436. The second-order valence-electron chi connectivity index (χ2n) is 19.8. The average molecular weight is 771 g/mol. The van der Waals surface area contributed by atoms with Crippen molar-refractivity contribution in [1.29, 1.82) is 0 Å². The van der Waals surface area contributed by atoms with Crippen LogP contribution in [0, 0.1) is 45.3 Å². The molecule has 0 unspecified atom stereocenters. The third-order valence-corrected chi connectivity index (χ3v) is 16.1. The maximum Gasteiger partial charge on any atom is 0.186 e. The van der Waals surface area contributed by atoms with Crippen LogP contribution in [-0.4, -0.2) is 138 Å². The lowest BCUT2D eigenvalue weighted by molar-refractivity contribution is -0.350. The maximum absolute atomic E-state index is 12.2. The van der Waals surface area contributed by atoms with E-state index in [1.807, 2.05) is 20.8 Å². The number of aliphatic hydroxyl groups is 9. The van der Waals surface area contributed by atoms with Crippen LogP contribution in [0.5, 0.6) is 0 Å². The summed E-state index contributed by atoms with van der Waals surface area (Å²) in [5, 5.41) is 99.1. The highest BCUT2D eigenvalue weighted by Crippen LogP contribution is 2.76. The van der Waals surface area contributed by atoms with Gasteiger partial charge in [-0.2, -0.15) is 0 Å². The fourth-order valence-corrected chi connectivity index (χ4v) is 13.1. The molecule has 6 fully saturated rings. The molecule has 6 rings (SSSR count). The quantitative estimate of drug-likeness (QED) is 0.114. The third kappa shape index (κ3) is 6.86. The van der Waals surface area contributed by atoms with Crippen LogP contribution in [-0.2, 0) is 18.9 Å². The Morgan fingerprint density at radius 3 is 2.07 bits per heavy atom. The summed E-state index contributed by atoms with van der Waals surface area (Å²) in [5.41, 5.74) is -1.58. The molecule has 20 atom stereocenters. The normalized spacial score (nSPS) is 52.5.